The van der Waals surface area contributed by atoms with Gasteiger partial charge in [-0.25, -0.2) is 9.97 Å². The molecule has 8 heteroatoms. The van der Waals surface area contributed by atoms with Crippen molar-refractivity contribution in [3.8, 4) is 0 Å². The average molecular weight is 437 g/mol. The normalized spacial score (nSPS) is 10.9. The molecule has 0 atom stereocenters. The Bertz CT molecular complexity index is 1210. The maximum Gasteiger partial charge on any atom is 0.344 e. The third kappa shape index (κ3) is 3.94. The Morgan fingerprint density at radius 1 is 1.03 bits per heavy atom. The Labute approximate surface area is 182 Å². The van der Waals surface area contributed by atoms with E-state index in [2.05, 4.69) is 9.97 Å². The lowest BCUT2D eigenvalue weighted by Gasteiger charge is -2.23. The summed E-state index contributed by atoms with van der Waals surface area (Å²) in [6.45, 7) is 2.45. The number of benzene rings is 3. The van der Waals surface area contributed by atoms with E-state index >= 15 is 0 Å². The summed E-state index contributed by atoms with van der Waals surface area (Å²) < 4.78 is 0. The fourth-order valence-corrected chi connectivity index (χ4v) is 4.26. The van der Waals surface area contributed by atoms with Crippen LogP contribution in [0.4, 0.5) is 17.2 Å². The van der Waals surface area contributed by atoms with Gasteiger partial charge in [0.15, 0.2) is 5.03 Å². The van der Waals surface area contributed by atoms with Crippen molar-refractivity contribution in [2.24, 2.45) is 0 Å². The number of halogens is 1. The van der Waals surface area contributed by atoms with E-state index in [4.69, 9.17) is 11.6 Å². The molecule has 0 aliphatic carbocycles. The van der Waals surface area contributed by atoms with Crippen LogP contribution in [0.5, 0.6) is 0 Å². The highest BCUT2D eigenvalue weighted by Gasteiger charge is 2.28. The van der Waals surface area contributed by atoms with Gasteiger partial charge in [-0.2, -0.15) is 0 Å². The lowest BCUT2D eigenvalue weighted by molar-refractivity contribution is -0.387. The molecule has 0 N–H and O–H groups in total. The molecule has 6 nitrogen and oxygen atoms in total. The first kappa shape index (κ1) is 20.1. The van der Waals surface area contributed by atoms with Gasteiger partial charge >= 0.3 is 5.69 Å². The van der Waals surface area contributed by atoms with Gasteiger partial charge in [-0.15, -0.1) is 0 Å². The Balaban J connectivity index is 1.84. The van der Waals surface area contributed by atoms with Gasteiger partial charge in [0.05, 0.1) is 10.6 Å². The lowest BCUT2D eigenvalue weighted by atomic mass is 10.1. The Hall–Kier alpha value is -3.16. The Morgan fingerprint density at radius 2 is 1.77 bits per heavy atom. The number of fused-ring (bicyclic) bond motifs is 1. The minimum atomic E-state index is -0.415. The third-order valence-electron chi connectivity index (χ3n) is 4.61. The topological polar surface area (TPSA) is 72.2 Å². The quantitative estimate of drug-likeness (QED) is 0.195. The monoisotopic (exact) mass is 436 g/mol. The molecule has 1 aromatic heterocycles. The molecule has 0 saturated heterocycles. The molecule has 0 radical (unpaired) electrons. The average Bonchev–Trinajstić information content (AvgIpc) is 2.76. The van der Waals surface area contributed by atoms with Crippen LogP contribution in [0.25, 0.3) is 10.8 Å². The number of hydrogen-bond donors (Lipinski definition) is 0. The van der Waals surface area contributed by atoms with E-state index < -0.39 is 4.92 Å². The van der Waals surface area contributed by atoms with Crippen LogP contribution in [-0.2, 0) is 0 Å². The van der Waals surface area contributed by atoms with Crippen molar-refractivity contribution in [1.82, 2.24) is 9.97 Å². The highest BCUT2D eigenvalue weighted by molar-refractivity contribution is 7.99. The summed E-state index contributed by atoms with van der Waals surface area (Å²) in [7, 11) is 0. The van der Waals surface area contributed by atoms with E-state index in [0.717, 1.165) is 21.4 Å². The van der Waals surface area contributed by atoms with E-state index in [1.807, 2.05) is 54.3 Å². The predicted molar refractivity (Wildman–Crippen MR) is 121 cm³/mol. The Morgan fingerprint density at radius 3 is 2.50 bits per heavy atom. The van der Waals surface area contributed by atoms with Crippen molar-refractivity contribution < 1.29 is 4.92 Å². The van der Waals surface area contributed by atoms with Crippen LogP contribution in [0.2, 0.25) is 5.02 Å². The minimum Gasteiger partial charge on any atom is -0.320 e. The second-order valence-electron chi connectivity index (χ2n) is 6.41. The molecule has 30 heavy (non-hydrogen) atoms. The highest BCUT2D eigenvalue weighted by atomic mass is 35.5. The molecule has 0 aliphatic rings. The second kappa shape index (κ2) is 8.69. The van der Waals surface area contributed by atoms with Gasteiger partial charge in [0.2, 0.25) is 5.82 Å². The van der Waals surface area contributed by atoms with Crippen LogP contribution in [0.3, 0.4) is 0 Å². The number of hydrogen-bond acceptors (Lipinski definition) is 6. The molecule has 0 amide bonds. The lowest BCUT2D eigenvalue weighted by Crippen LogP contribution is -2.19. The van der Waals surface area contributed by atoms with Crippen LogP contribution < -0.4 is 4.90 Å². The third-order valence-corrected chi connectivity index (χ3v) is 5.86. The molecule has 0 bridgehead atoms. The summed E-state index contributed by atoms with van der Waals surface area (Å²) in [5, 5.41) is 15.0. The summed E-state index contributed by atoms with van der Waals surface area (Å²) in [5.41, 5.74) is 0.743. The minimum absolute atomic E-state index is 0.118. The summed E-state index contributed by atoms with van der Waals surface area (Å²) in [6, 6.07) is 20.9. The molecule has 4 aromatic rings. The van der Waals surface area contributed by atoms with E-state index in [1.54, 1.807) is 24.3 Å². The molecule has 150 valence electrons. The molecule has 0 unspecified atom stereocenters. The van der Waals surface area contributed by atoms with Crippen molar-refractivity contribution in [2.45, 2.75) is 16.8 Å². The second-order valence-corrected chi connectivity index (χ2v) is 7.91. The van der Waals surface area contributed by atoms with Crippen LogP contribution in [0.15, 0.2) is 83.0 Å². The first-order valence-corrected chi connectivity index (χ1v) is 10.5. The first-order valence-electron chi connectivity index (χ1n) is 9.26. The largest absolute Gasteiger partial charge is 0.344 e. The molecular weight excluding hydrogens is 420 g/mol. The number of anilines is 2. The fraction of sp³-hybridized carbons (Fsp3) is 0.0909. The van der Waals surface area contributed by atoms with Crippen molar-refractivity contribution in [3.63, 3.8) is 0 Å². The number of nitro groups is 1. The van der Waals surface area contributed by atoms with Gasteiger partial charge in [-0.05, 0) is 42.6 Å². The predicted octanol–water partition coefficient (Wildman–Crippen LogP) is 6.50. The summed E-state index contributed by atoms with van der Waals surface area (Å²) in [6.07, 6.45) is 1.37. The Kier molecular flexibility index (Phi) is 5.83. The van der Waals surface area contributed by atoms with Gasteiger partial charge < -0.3 is 4.90 Å². The zero-order valence-electron chi connectivity index (χ0n) is 16.0. The zero-order chi connectivity index (χ0) is 21.1. The molecule has 1 heterocycles. The smallest absolute Gasteiger partial charge is 0.320 e. The van der Waals surface area contributed by atoms with Crippen LogP contribution >= 0.6 is 23.4 Å². The number of rotatable bonds is 6. The maximum atomic E-state index is 12.1. The van der Waals surface area contributed by atoms with E-state index in [1.165, 1.54) is 18.1 Å². The van der Waals surface area contributed by atoms with E-state index in [0.29, 0.717) is 11.6 Å². The maximum absolute atomic E-state index is 12.1. The molecule has 0 saturated carbocycles. The van der Waals surface area contributed by atoms with Gasteiger partial charge in [-0.3, -0.25) is 10.1 Å². The van der Waals surface area contributed by atoms with Crippen molar-refractivity contribution in [3.05, 3.63) is 88.2 Å². The molecular formula is C22H17ClN4O2S. The SMILES string of the molecule is CCN(c1ncnc(Sc2ccc(Cl)cc2)c1[N+](=O)[O-])c1cccc2ccccc12. The summed E-state index contributed by atoms with van der Waals surface area (Å²) in [5.74, 6) is 0.269. The van der Waals surface area contributed by atoms with Crippen molar-refractivity contribution >= 4 is 51.3 Å². The number of aromatic nitrogens is 2. The van der Waals surface area contributed by atoms with Crippen LogP contribution in [-0.4, -0.2) is 21.4 Å². The summed E-state index contributed by atoms with van der Waals surface area (Å²) >= 11 is 7.16. The molecule has 3 aromatic carbocycles. The fourth-order valence-electron chi connectivity index (χ4n) is 3.28. The molecule has 4 rings (SSSR count). The van der Waals surface area contributed by atoms with Crippen molar-refractivity contribution in [1.29, 1.82) is 0 Å². The standard InChI is InChI=1S/C22H17ClN4O2S/c1-2-26(19-9-5-7-15-6-3-4-8-18(15)19)21-20(27(28)29)22(25-14-24-21)30-17-12-10-16(23)11-13-17/h3-14H,2H2,1H3. The van der Waals surface area contributed by atoms with Gasteiger partial charge in [-0.1, -0.05) is 59.8 Å². The number of nitrogens with zero attached hydrogens (tertiary/aromatic N) is 4. The van der Waals surface area contributed by atoms with Crippen LogP contribution in [0, 0.1) is 10.1 Å². The molecule has 0 fully saturated rings. The summed E-state index contributed by atoms with van der Waals surface area (Å²) in [4.78, 5) is 22.8. The highest BCUT2D eigenvalue weighted by Crippen LogP contribution is 2.41. The van der Waals surface area contributed by atoms with Gasteiger partial charge in [0.1, 0.15) is 6.33 Å². The van der Waals surface area contributed by atoms with E-state index in [9.17, 15) is 10.1 Å². The molecule has 0 aliphatic heterocycles. The van der Waals surface area contributed by atoms with Crippen molar-refractivity contribution in [2.75, 3.05) is 11.4 Å². The van der Waals surface area contributed by atoms with Gasteiger partial charge in [0.25, 0.3) is 0 Å². The van der Waals surface area contributed by atoms with Gasteiger partial charge in [0, 0.05) is 21.8 Å². The first-order chi connectivity index (χ1) is 14.6. The molecule has 0 spiro atoms. The zero-order valence-corrected chi connectivity index (χ0v) is 17.6. The van der Waals surface area contributed by atoms with E-state index in [-0.39, 0.29) is 16.5 Å². The van der Waals surface area contributed by atoms with Crippen LogP contribution in [0.1, 0.15) is 6.92 Å².